The molecule has 6 aromatic rings. The second kappa shape index (κ2) is 41.9. The second-order valence-corrected chi connectivity index (χ2v) is 22.1. The summed E-state index contributed by atoms with van der Waals surface area (Å²) in [6.07, 6.45) is 41.1. The van der Waals surface area contributed by atoms with Gasteiger partial charge in [0, 0.05) is 36.3 Å². The number of unbranched alkanes of at least 4 members (excludes halogenated alkanes) is 26. The van der Waals surface area contributed by atoms with E-state index in [4.69, 9.17) is 11.7 Å². The van der Waals surface area contributed by atoms with Crippen LogP contribution in [0.4, 0.5) is 0 Å². The fourth-order valence-electron chi connectivity index (χ4n) is 8.21. The Labute approximate surface area is 470 Å². The minimum absolute atomic E-state index is 0. The van der Waals surface area contributed by atoms with Crippen LogP contribution in [0.3, 0.4) is 0 Å². The molecule has 6 aromatic heterocycles. The standard InChI is InChI=1S/2C16H34O3S.2C12H10N6.Fe/c2*1-2-3-4-5-6-7-8-9-10-11-12-13-14-15-16-20(17,18)19;2*13-18-11(9-5-1-3-7-14-9)16-17-12(18)10-6-2-4-8-15-10;/h2*2-16H2,1H3,(H,17,18,19);2*1-8H,13H2;/q;;;;+2/p-2. The van der Waals surface area contributed by atoms with E-state index in [-0.39, 0.29) is 28.6 Å². The normalized spacial score (nSPS) is 11.1. The summed E-state index contributed by atoms with van der Waals surface area (Å²) >= 11 is 0. The third kappa shape index (κ3) is 31.7. The van der Waals surface area contributed by atoms with Crippen molar-refractivity contribution in [2.24, 2.45) is 0 Å². The van der Waals surface area contributed by atoms with E-state index in [1.165, 1.54) is 151 Å². The Morgan fingerprint density at radius 3 is 0.714 bits per heavy atom. The van der Waals surface area contributed by atoms with Crippen LogP contribution in [0.5, 0.6) is 0 Å². The Kier molecular flexibility index (Phi) is 36.9. The zero-order valence-corrected chi connectivity index (χ0v) is 48.4. The van der Waals surface area contributed by atoms with E-state index in [2.05, 4.69) is 54.2 Å². The molecule has 0 aliphatic heterocycles. The molecule has 18 nitrogen and oxygen atoms in total. The van der Waals surface area contributed by atoms with Gasteiger partial charge in [0.2, 0.25) is 23.3 Å². The largest absolute Gasteiger partial charge is 2.00 e. The molecule has 0 bridgehead atoms. The van der Waals surface area contributed by atoms with E-state index in [1.54, 1.807) is 24.8 Å². The smallest absolute Gasteiger partial charge is 0.748 e. The van der Waals surface area contributed by atoms with Crippen molar-refractivity contribution in [1.82, 2.24) is 49.7 Å². The fraction of sp³-hybridized carbons (Fsp3) is 0.571. The first-order chi connectivity index (χ1) is 36.8. The Hall–Kier alpha value is -5.18. The molecule has 0 saturated heterocycles. The van der Waals surface area contributed by atoms with Crippen molar-refractivity contribution in [2.75, 3.05) is 23.2 Å². The van der Waals surface area contributed by atoms with Crippen LogP contribution in [-0.4, -0.2) is 87.1 Å². The molecular formula is C56H86FeN12O6S2. The maximum absolute atomic E-state index is 10.4. The van der Waals surface area contributed by atoms with E-state index in [1.807, 2.05) is 72.8 Å². The second-order valence-electron chi connectivity index (χ2n) is 19.0. The van der Waals surface area contributed by atoms with Gasteiger partial charge in [-0.3, -0.25) is 19.9 Å². The van der Waals surface area contributed by atoms with Gasteiger partial charge in [-0.25, -0.2) is 26.2 Å². The molecule has 426 valence electrons. The first kappa shape index (κ1) is 67.9. The summed E-state index contributed by atoms with van der Waals surface area (Å²) in [5.41, 5.74) is 2.70. The molecule has 6 rings (SSSR count). The molecule has 6 heterocycles. The van der Waals surface area contributed by atoms with Crippen molar-refractivity contribution in [3.8, 4) is 46.1 Å². The van der Waals surface area contributed by atoms with E-state index in [0.29, 0.717) is 58.9 Å². The van der Waals surface area contributed by atoms with Crippen LogP contribution in [-0.2, 0) is 37.3 Å². The number of pyridine rings is 4. The molecule has 0 aromatic carbocycles. The number of aromatic nitrogens is 10. The van der Waals surface area contributed by atoms with Crippen LogP contribution >= 0.6 is 0 Å². The summed E-state index contributed by atoms with van der Waals surface area (Å²) in [4.78, 5) is 16.8. The van der Waals surface area contributed by atoms with Gasteiger partial charge < -0.3 is 20.8 Å². The van der Waals surface area contributed by atoms with Gasteiger partial charge in [-0.2, -0.15) is 0 Å². The van der Waals surface area contributed by atoms with Gasteiger partial charge in [0.15, 0.2) is 0 Å². The first-order valence-corrected chi connectivity index (χ1v) is 30.9. The Bertz CT molecular complexity index is 2290. The van der Waals surface area contributed by atoms with Crippen molar-refractivity contribution in [2.45, 2.75) is 194 Å². The molecule has 0 amide bonds. The van der Waals surface area contributed by atoms with Gasteiger partial charge in [0.25, 0.3) is 0 Å². The SMILES string of the molecule is CCCCCCCCCCCCCCCCS(=O)(=O)[O-].CCCCCCCCCCCCCCCCS(=O)(=O)[O-].Nn1c(-c2ccccn2)nnc1-c1ccccn1.Nn1c(-c2ccccn2)nnc1-c1ccccn1.[Fe+2]. The molecule has 0 aliphatic rings. The van der Waals surface area contributed by atoms with Gasteiger partial charge in [-0.05, 0) is 61.4 Å². The summed E-state index contributed by atoms with van der Waals surface area (Å²) < 4.78 is 65.2. The van der Waals surface area contributed by atoms with Crippen LogP contribution in [0, 0.1) is 0 Å². The van der Waals surface area contributed by atoms with Crippen molar-refractivity contribution in [1.29, 1.82) is 0 Å². The molecule has 0 fully saturated rings. The molecule has 0 spiro atoms. The molecule has 0 saturated carbocycles. The number of nitrogens with zero attached hydrogens (tertiary/aromatic N) is 10. The zero-order chi connectivity index (χ0) is 55.0. The number of nitrogen functional groups attached to an aromatic ring is 2. The summed E-state index contributed by atoms with van der Waals surface area (Å²) in [5.74, 6) is 13.6. The summed E-state index contributed by atoms with van der Waals surface area (Å²) in [5, 5.41) is 16.2. The van der Waals surface area contributed by atoms with Crippen LogP contribution in [0.25, 0.3) is 46.1 Å². The quantitative estimate of drug-likeness (QED) is 0.0164. The van der Waals surface area contributed by atoms with E-state index >= 15 is 0 Å². The van der Waals surface area contributed by atoms with Crippen molar-refractivity contribution in [3.63, 3.8) is 0 Å². The average molecular weight is 1140 g/mol. The number of hydrogen-bond acceptors (Lipinski definition) is 16. The van der Waals surface area contributed by atoms with E-state index < -0.39 is 20.2 Å². The predicted molar refractivity (Wildman–Crippen MR) is 303 cm³/mol. The van der Waals surface area contributed by atoms with Gasteiger partial charge in [-0.1, -0.05) is 205 Å². The number of rotatable bonds is 34. The van der Waals surface area contributed by atoms with E-state index in [0.717, 1.165) is 25.7 Å². The van der Waals surface area contributed by atoms with Crippen LogP contribution in [0.1, 0.15) is 194 Å². The number of nitrogens with two attached hydrogens (primary N) is 2. The summed E-state index contributed by atoms with van der Waals surface area (Å²) in [6, 6.07) is 22.1. The first-order valence-electron chi connectivity index (χ1n) is 27.8. The van der Waals surface area contributed by atoms with Crippen LogP contribution < -0.4 is 11.7 Å². The monoisotopic (exact) mass is 1140 g/mol. The Balaban J connectivity index is 0.000000350. The van der Waals surface area contributed by atoms with Crippen LogP contribution in [0.15, 0.2) is 97.6 Å². The molecule has 0 aliphatic carbocycles. The minimum Gasteiger partial charge on any atom is -0.748 e. The van der Waals surface area contributed by atoms with E-state index in [9.17, 15) is 25.9 Å². The van der Waals surface area contributed by atoms with Crippen molar-refractivity contribution < 1.29 is 43.0 Å². The van der Waals surface area contributed by atoms with Crippen molar-refractivity contribution in [3.05, 3.63) is 97.6 Å². The predicted octanol–water partition coefficient (Wildman–Crippen LogP) is 12.3. The zero-order valence-electron chi connectivity index (χ0n) is 45.7. The average Bonchev–Trinajstić information content (AvgIpc) is 4.01. The molecule has 77 heavy (non-hydrogen) atoms. The molecule has 4 N–H and O–H groups in total. The third-order valence-corrected chi connectivity index (χ3v) is 14.0. The maximum atomic E-state index is 10.4. The Morgan fingerprint density at radius 2 is 0.545 bits per heavy atom. The minimum atomic E-state index is -3.99. The van der Waals surface area contributed by atoms with Gasteiger partial charge in [0.1, 0.15) is 22.8 Å². The molecule has 21 heteroatoms. The number of hydrogen-bond donors (Lipinski definition) is 2. The Morgan fingerprint density at radius 1 is 0.351 bits per heavy atom. The summed E-state index contributed by atoms with van der Waals surface area (Å²) in [7, 11) is -7.98. The maximum Gasteiger partial charge on any atom is 2.00 e. The van der Waals surface area contributed by atoms with Gasteiger partial charge in [0.05, 0.1) is 20.2 Å². The summed E-state index contributed by atoms with van der Waals surface area (Å²) in [6.45, 7) is 4.50. The van der Waals surface area contributed by atoms with Gasteiger partial charge in [-0.15, -0.1) is 20.4 Å². The molecular weight excluding hydrogens is 1060 g/mol. The molecule has 0 atom stereocenters. The molecule has 0 radical (unpaired) electrons. The fourth-order valence-corrected chi connectivity index (χ4v) is 9.32. The topological polar surface area (TPSA) is 279 Å². The van der Waals surface area contributed by atoms with Gasteiger partial charge >= 0.3 is 17.1 Å². The van der Waals surface area contributed by atoms with Crippen molar-refractivity contribution >= 4 is 20.2 Å². The third-order valence-electron chi connectivity index (χ3n) is 12.5. The van der Waals surface area contributed by atoms with Crippen LogP contribution in [0.2, 0.25) is 0 Å². The molecule has 0 unspecified atom stereocenters.